The van der Waals surface area contributed by atoms with Gasteiger partial charge in [-0.15, -0.1) is 0 Å². The Kier molecular flexibility index (Phi) is 5.93. The Morgan fingerprint density at radius 3 is 2.38 bits per heavy atom. The van der Waals surface area contributed by atoms with E-state index in [9.17, 15) is 18.0 Å². The van der Waals surface area contributed by atoms with Crippen molar-refractivity contribution in [1.29, 1.82) is 0 Å². The molecule has 1 heterocycles. The normalized spacial score (nSPS) is 17.6. The number of hydrogen-bond donors (Lipinski definition) is 2. The van der Waals surface area contributed by atoms with E-state index in [-0.39, 0.29) is 32.5 Å². The van der Waals surface area contributed by atoms with Crippen molar-refractivity contribution < 1.29 is 27.8 Å². The molecule has 24 heavy (non-hydrogen) atoms. The maximum Gasteiger partial charge on any atom is 0.407 e. The number of rotatable bonds is 5. The summed E-state index contributed by atoms with van der Waals surface area (Å²) in [6.45, 7) is 0.362. The van der Waals surface area contributed by atoms with Gasteiger partial charge in [0.1, 0.15) is 11.8 Å². The number of piperidine rings is 1. The van der Waals surface area contributed by atoms with Crippen LogP contribution in [0, 0.1) is 5.92 Å². The first-order valence-corrected chi connectivity index (χ1v) is 7.72. The molecule has 1 aromatic carbocycles. The number of carbonyl (C=O) groups is 1. The van der Waals surface area contributed by atoms with Gasteiger partial charge in [-0.2, -0.15) is 13.2 Å². The summed E-state index contributed by atoms with van der Waals surface area (Å²) in [4.78, 5) is 12.0. The van der Waals surface area contributed by atoms with Gasteiger partial charge >= 0.3 is 12.3 Å². The van der Waals surface area contributed by atoms with Gasteiger partial charge in [-0.3, -0.25) is 0 Å². The minimum atomic E-state index is -4.37. The fourth-order valence-corrected chi connectivity index (χ4v) is 2.94. The van der Waals surface area contributed by atoms with Crippen molar-refractivity contribution in [2.75, 3.05) is 20.2 Å². The van der Waals surface area contributed by atoms with E-state index in [1.165, 1.54) is 7.11 Å². The van der Waals surface area contributed by atoms with Gasteiger partial charge in [0.05, 0.1) is 7.11 Å². The van der Waals surface area contributed by atoms with Crippen LogP contribution in [-0.2, 0) is 6.54 Å². The Labute approximate surface area is 138 Å². The topological polar surface area (TPSA) is 61.8 Å². The number of nitrogens with zero attached hydrogens (tertiary/aromatic N) is 1. The molecule has 1 amide bonds. The van der Waals surface area contributed by atoms with Crippen LogP contribution < -0.4 is 10.1 Å². The van der Waals surface area contributed by atoms with Gasteiger partial charge in [0.2, 0.25) is 0 Å². The molecule has 1 aromatic rings. The summed E-state index contributed by atoms with van der Waals surface area (Å²) in [5, 5.41) is 11.5. The zero-order valence-electron chi connectivity index (χ0n) is 13.3. The van der Waals surface area contributed by atoms with Gasteiger partial charge in [-0.05, 0) is 36.5 Å². The SMILES string of the molecule is COc1ccc(CNC(C2CCN(C(=O)O)CC2)C(F)(F)F)cc1. The van der Waals surface area contributed by atoms with Crippen LogP contribution >= 0.6 is 0 Å². The Morgan fingerprint density at radius 2 is 1.92 bits per heavy atom. The summed E-state index contributed by atoms with van der Waals surface area (Å²) >= 11 is 0. The van der Waals surface area contributed by atoms with Crippen LogP contribution in [0.5, 0.6) is 5.75 Å². The number of amides is 1. The monoisotopic (exact) mass is 346 g/mol. The molecule has 0 aliphatic carbocycles. The van der Waals surface area contributed by atoms with Gasteiger partial charge in [0.25, 0.3) is 0 Å². The number of likely N-dealkylation sites (tertiary alicyclic amines) is 1. The van der Waals surface area contributed by atoms with E-state index in [4.69, 9.17) is 9.84 Å². The minimum absolute atomic E-state index is 0.0906. The van der Waals surface area contributed by atoms with E-state index in [0.29, 0.717) is 5.75 Å². The molecule has 1 unspecified atom stereocenters. The maximum absolute atomic E-state index is 13.4. The van der Waals surface area contributed by atoms with Crippen LogP contribution in [-0.4, -0.2) is 48.5 Å². The molecule has 0 spiro atoms. The zero-order valence-corrected chi connectivity index (χ0v) is 13.3. The molecule has 134 valence electrons. The summed E-state index contributed by atoms with van der Waals surface area (Å²) < 4.78 is 45.1. The van der Waals surface area contributed by atoms with Crippen molar-refractivity contribution in [2.45, 2.75) is 31.6 Å². The number of halogens is 3. The Morgan fingerprint density at radius 1 is 1.33 bits per heavy atom. The number of benzene rings is 1. The summed E-state index contributed by atoms with van der Waals surface area (Å²) in [7, 11) is 1.52. The molecule has 2 rings (SSSR count). The molecule has 1 fully saturated rings. The molecule has 1 atom stereocenters. The van der Waals surface area contributed by atoms with E-state index in [2.05, 4.69) is 5.32 Å². The molecule has 0 saturated carbocycles. The highest BCUT2D eigenvalue weighted by molar-refractivity contribution is 5.64. The van der Waals surface area contributed by atoms with Crippen LogP contribution in [0.3, 0.4) is 0 Å². The third kappa shape index (κ3) is 4.77. The molecule has 8 heteroatoms. The molecule has 1 aliphatic rings. The highest BCUT2D eigenvalue weighted by atomic mass is 19.4. The summed E-state index contributed by atoms with van der Waals surface area (Å²) in [6, 6.07) is 5.18. The second-order valence-electron chi connectivity index (χ2n) is 5.86. The van der Waals surface area contributed by atoms with Crippen LogP contribution in [0.25, 0.3) is 0 Å². The van der Waals surface area contributed by atoms with Crippen LogP contribution in [0.4, 0.5) is 18.0 Å². The molecule has 0 bridgehead atoms. The first-order valence-electron chi connectivity index (χ1n) is 7.72. The summed E-state index contributed by atoms with van der Waals surface area (Å²) in [6.07, 6.45) is -5.05. The van der Waals surface area contributed by atoms with Crippen molar-refractivity contribution in [3.8, 4) is 5.75 Å². The second-order valence-corrected chi connectivity index (χ2v) is 5.86. The number of nitrogens with one attached hydrogen (secondary N) is 1. The minimum Gasteiger partial charge on any atom is -0.497 e. The lowest BCUT2D eigenvalue weighted by atomic mass is 9.89. The van der Waals surface area contributed by atoms with Gasteiger partial charge in [0.15, 0.2) is 0 Å². The predicted molar refractivity (Wildman–Crippen MR) is 82.0 cm³/mol. The maximum atomic E-state index is 13.4. The molecule has 0 radical (unpaired) electrons. The molecule has 2 N–H and O–H groups in total. The number of methoxy groups -OCH3 is 1. The fourth-order valence-electron chi connectivity index (χ4n) is 2.94. The average molecular weight is 346 g/mol. The fraction of sp³-hybridized carbons (Fsp3) is 0.562. The number of hydrogen-bond acceptors (Lipinski definition) is 3. The predicted octanol–water partition coefficient (Wildman–Crippen LogP) is 3.11. The molecule has 0 aromatic heterocycles. The first kappa shape index (κ1) is 18.4. The van der Waals surface area contributed by atoms with Crippen molar-refractivity contribution in [2.24, 2.45) is 5.92 Å². The zero-order chi connectivity index (χ0) is 17.7. The van der Waals surface area contributed by atoms with Crippen molar-refractivity contribution >= 4 is 6.09 Å². The third-order valence-electron chi connectivity index (χ3n) is 4.32. The molecule has 1 aliphatic heterocycles. The van der Waals surface area contributed by atoms with Crippen LogP contribution in [0.1, 0.15) is 18.4 Å². The summed E-state index contributed by atoms with van der Waals surface area (Å²) in [5.74, 6) is 0.0195. The van der Waals surface area contributed by atoms with E-state index in [1.54, 1.807) is 24.3 Å². The lowest BCUT2D eigenvalue weighted by Gasteiger charge is -2.36. The Hall–Kier alpha value is -1.96. The molecule has 5 nitrogen and oxygen atoms in total. The lowest BCUT2D eigenvalue weighted by molar-refractivity contribution is -0.171. The number of carboxylic acid groups (broad SMARTS) is 1. The summed E-state index contributed by atoms with van der Waals surface area (Å²) in [5.41, 5.74) is 0.730. The van der Waals surface area contributed by atoms with Gasteiger partial charge < -0.3 is 20.1 Å². The second kappa shape index (κ2) is 7.74. The molecule has 1 saturated heterocycles. The first-order chi connectivity index (χ1) is 11.3. The Bertz CT molecular complexity index is 540. The van der Waals surface area contributed by atoms with Gasteiger partial charge in [-0.1, -0.05) is 12.1 Å². The van der Waals surface area contributed by atoms with E-state index in [1.807, 2.05) is 0 Å². The lowest BCUT2D eigenvalue weighted by Crippen LogP contribution is -2.51. The van der Waals surface area contributed by atoms with E-state index in [0.717, 1.165) is 10.5 Å². The Balaban J connectivity index is 1.97. The van der Waals surface area contributed by atoms with Crippen LogP contribution in [0.15, 0.2) is 24.3 Å². The standard InChI is InChI=1S/C16H21F3N2O3/c1-24-13-4-2-11(3-5-13)10-20-14(16(17,18)19)12-6-8-21(9-7-12)15(22)23/h2-5,12,14,20H,6-10H2,1H3,(H,22,23). The quantitative estimate of drug-likeness (QED) is 0.860. The number of ether oxygens (including phenoxy) is 1. The van der Waals surface area contributed by atoms with Crippen molar-refractivity contribution in [3.63, 3.8) is 0 Å². The van der Waals surface area contributed by atoms with Gasteiger partial charge in [0, 0.05) is 19.6 Å². The molecular weight excluding hydrogens is 325 g/mol. The van der Waals surface area contributed by atoms with Gasteiger partial charge in [-0.25, -0.2) is 4.79 Å². The van der Waals surface area contributed by atoms with Crippen LogP contribution in [0.2, 0.25) is 0 Å². The smallest absolute Gasteiger partial charge is 0.407 e. The third-order valence-corrected chi connectivity index (χ3v) is 4.32. The highest BCUT2D eigenvalue weighted by Gasteiger charge is 2.45. The molecular formula is C16H21F3N2O3. The van der Waals surface area contributed by atoms with E-state index < -0.39 is 24.2 Å². The number of alkyl halides is 3. The van der Waals surface area contributed by atoms with Crippen molar-refractivity contribution in [3.05, 3.63) is 29.8 Å². The highest BCUT2D eigenvalue weighted by Crippen LogP contribution is 2.32. The van der Waals surface area contributed by atoms with E-state index >= 15 is 0 Å². The largest absolute Gasteiger partial charge is 0.497 e. The average Bonchev–Trinajstić information content (AvgIpc) is 2.55. The van der Waals surface area contributed by atoms with Crippen molar-refractivity contribution in [1.82, 2.24) is 10.2 Å².